The van der Waals surface area contributed by atoms with E-state index in [0.717, 1.165) is 0 Å². The van der Waals surface area contributed by atoms with Gasteiger partial charge in [0.2, 0.25) is 5.91 Å². The Morgan fingerprint density at radius 3 is 2.40 bits per heavy atom. The molecule has 2 rings (SSSR count). The van der Waals surface area contributed by atoms with Crippen LogP contribution in [-0.4, -0.2) is 17.3 Å². The summed E-state index contributed by atoms with van der Waals surface area (Å²) in [5, 5.41) is 3.66. The number of amides is 1. The largest absolute Gasteiger partial charge is 0.352 e. The molecular formula is C12H20BrNO. The predicted molar refractivity (Wildman–Crippen MR) is 65.1 cm³/mol. The van der Waals surface area contributed by atoms with E-state index in [1.54, 1.807) is 0 Å². The van der Waals surface area contributed by atoms with Crippen LogP contribution in [0, 0.1) is 5.41 Å². The average molecular weight is 274 g/mol. The summed E-state index contributed by atoms with van der Waals surface area (Å²) in [6.07, 6.45) is 10.6. The van der Waals surface area contributed by atoms with E-state index in [1.165, 1.54) is 51.4 Å². The van der Waals surface area contributed by atoms with Gasteiger partial charge in [0.1, 0.15) is 0 Å². The molecule has 1 amide bonds. The number of halogens is 1. The smallest absolute Gasteiger partial charge is 0.230 e. The number of carbonyl (C=O) groups is 1. The van der Waals surface area contributed by atoms with Crippen molar-refractivity contribution in [3.05, 3.63) is 0 Å². The summed E-state index contributed by atoms with van der Waals surface area (Å²) in [6, 6.07) is 0.457. The molecule has 1 atom stereocenters. The molecule has 0 bridgehead atoms. The van der Waals surface area contributed by atoms with Gasteiger partial charge in [-0.2, -0.15) is 0 Å². The second kappa shape index (κ2) is 4.86. The Bertz CT molecular complexity index is 236. The van der Waals surface area contributed by atoms with Crippen molar-refractivity contribution in [1.29, 1.82) is 0 Å². The monoisotopic (exact) mass is 273 g/mol. The van der Waals surface area contributed by atoms with Crippen molar-refractivity contribution in [2.75, 3.05) is 5.33 Å². The van der Waals surface area contributed by atoms with Crippen LogP contribution >= 0.6 is 15.9 Å². The van der Waals surface area contributed by atoms with Gasteiger partial charge in [-0.3, -0.25) is 4.79 Å². The minimum Gasteiger partial charge on any atom is -0.352 e. The average Bonchev–Trinajstić information content (AvgIpc) is 2.71. The molecule has 2 nitrogen and oxygen atoms in total. The van der Waals surface area contributed by atoms with Crippen molar-refractivity contribution in [3.8, 4) is 0 Å². The van der Waals surface area contributed by atoms with E-state index in [9.17, 15) is 4.79 Å². The first-order chi connectivity index (χ1) is 7.27. The first-order valence-electron chi connectivity index (χ1n) is 6.12. The summed E-state index contributed by atoms with van der Waals surface area (Å²) in [7, 11) is 0. The molecular weight excluding hydrogens is 254 g/mol. The van der Waals surface area contributed by atoms with Gasteiger partial charge in [-0.25, -0.2) is 0 Å². The molecule has 0 aromatic carbocycles. The van der Waals surface area contributed by atoms with E-state index in [-0.39, 0.29) is 5.91 Å². The quantitative estimate of drug-likeness (QED) is 0.770. The van der Waals surface area contributed by atoms with Gasteiger partial charge in [-0.1, -0.05) is 41.6 Å². The van der Waals surface area contributed by atoms with Gasteiger partial charge >= 0.3 is 0 Å². The van der Waals surface area contributed by atoms with Gasteiger partial charge in [0, 0.05) is 6.04 Å². The highest BCUT2D eigenvalue weighted by molar-refractivity contribution is 9.09. The second-order valence-corrected chi connectivity index (χ2v) is 5.63. The third kappa shape index (κ3) is 2.38. The highest BCUT2D eigenvalue weighted by atomic mass is 79.9. The Morgan fingerprint density at radius 1 is 1.20 bits per heavy atom. The van der Waals surface area contributed by atoms with Gasteiger partial charge in [0.15, 0.2) is 0 Å². The molecule has 0 saturated heterocycles. The fourth-order valence-electron chi connectivity index (χ4n) is 3.44. The third-order valence-corrected chi connectivity index (χ3v) is 4.72. The Kier molecular flexibility index (Phi) is 3.70. The first-order valence-corrected chi connectivity index (χ1v) is 7.24. The van der Waals surface area contributed by atoms with Gasteiger partial charge in [0.05, 0.1) is 5.33 Å². The molecule has 2 fully saturated rings. The van der Waals surface area contributed by atoms with Crippen molar-refractivity contribution >= 4 is 21.8 Å². The number of rotatable bonds is 2. The van der Waals surface area contributed by atoms with Crippen molar-refractivity contribution in [3.63, 3.8) is 0 Å². The van der Waals surface area contributed by atoms with Crippen molar-refractivity contribution < 1.29 is 4.79 Å². The Hall–Kier alpha value is -0.0500. The van der Waals surface area contributed by atoms with Crippen molar-refractivity contribution in [1.82, 2.24) is 5.32 Å². The summed E-state index contributed by atoms with van der Waals surface area (Å²) in [5.74, 6) is 0.160. The lowest BCUT2D eigenvalue weighted by Gasteiger charge is -2.42. The summed E-state index contributed by atoms with van der Waals surface area (Å²) in [6.45, 7) is 0. The van der Waals surface area contributed by atoms with Crippen LogP contribution in [0.25, 0.3) is 0 Å². The molecule has 86 valence electrons. The van der Waals surface area contributed by atoms with Gasteiger partial charge < -0.3 is 5.32 Å². The number of hydrogen-bond acceptors (Lipinski definition) is 1. The van der Waals surface area contributed by atoms with Crippen LogP contribution in [0.15, 0.2) is 0 Å². The molecule has 2 saturated carbocycles. The standard InChI is InChI=1S/C12H20BrNO/c13-9-11(15)14-10-5-1-2-6-12(10)7-3-4-8-12/h10H,1-9H2,(H,14,15). The molecule has 0 heterocycles. The van der Waals surface area contributed by atoms with Crippen LogP contribution in [0.1, 0.15) is 51.4 Å². The molecule has 15 heavy (non-hydrogen) atoms. The summed E-state index contributed by atoms with van der Waals surface area (Å²) in [4.78, 5) is 11.5. The molecule has 3 heteroatoms. The minimum atomic E-state index is 0.160. The molecule has 0 aromatic rings. The maximum atomic E-state index is 11.5. The highest BCUT2D eigenvalue weighted by Crippen LogP contribution is 2.48. The van der Waals surface area contributed by atoms with Crippen LogP contribution in [0.5, 0.6) is 0 Å². The molecule has 0 aliphatic heterocycles. The second-order valence-electron chi connectivity index (χ2n) is 5.07. The van der Waals surface area contributed by atoms with E-state index < -0.39 is 0 Å². The summed E-state index contributed by atoms with van der Waals surface area (Å²) in [5.41, 5.74) is 0.468. The van der Waals surface area contributed by atoms with E-state index >= 15 is 0 Å². The Labute approximate surface area is 100 Å². The van der Waals surface area contributed by atoms with Gasteiger partial charge in [-0.05, 0) is 31.1 Å². The topological polar surface area (TPSA) is 29.1 Å². The fourth-order valence-corrected chi connectivity index (χ4v) is 3.60. The molecule has 1 unspecified atom stereocenters. The van der Waals surface area contributed by atoms with Crippen LogP contribution < -0.4 is 5.32 Å². The lowest BCUT2D eigenvalue weighted by Crippen LogP contribution is -2.48. The van der Waals surface area contributed by atoms with Crippen molar-refractivity contribution in [2.45, 2.75) is 57.4 Å². The normalized spacial score (nSPS) is 29.3. The summed E-state index contributed by atoms with van der Waals surface area (Å²) >= 11 is 3.23. The van der Waals surface area contributed by atoms with Gasteiger partial charge in [-0.15, -0.1) is 0 Å². The zero-order chi connectivity index (χ0) is 10.7. The molecule has 1 N–H and O–H groups in total. The number of nitrogens with one attached hydrogen (secondary N) is 1. The zero-order valence-electron chi connectivity index (χ0n) is 9.23. The molecule has 2 aliphatic carbocycles. The van der Waals surface area contributed by atoms with E-state index in [4.69, 9.17) is 0 Å². The molecule has 0 aromatic heterocycles. The Morgan fingerprint density at radius 2 is 1.80 bits per heavy atom. The first kappa shape index (κ1) is 11.4. The van der Waals surface area contributed by atoms with Crippen LogP contribution in [0.3, 0.4) is 0 Å². The zero-order valence-corrected chi connectivity index (χ0v) is 10.8. The number of hydrogen-bond donors (Lipinski definition) is 1. The minimum absolute atomic E-state index is 0.160. The van der Waals surface area contributed by atoms with E-state index in [0.29, 0.717) is 16.8 Å². The molecule has 0 radical (unpaired) electrons. The fraction of sp³-hybridized carbons (Fsp3) is 0.917. The SMILES string of the molecule is O=C(CBr)NC1CCCCC12CCCC2. The van der Waals surface area contributed by atoms with Crippen LogP contribution in [-0.2, 0) is 4.79 Å². The number of carbonyl (C=O) groups excluding carboxylic acids is 1. The third-order valence-electron chi connectivity index (χ3n) is 4.21. The molecule has 2 aliphatic rings. The highest BCUT2D eigenvalue weighted by Gasteiger charge is 2.42. The number of alkyl halides is 1. The van der Waals surface area contributed by atoms with E-state index in [2.05, 4.69) is 21.2 Å². The van der Waals surface area contributed by atoms with Gasteiger partial charge in [0.25, 0.3) is 0 Å². The Balaban J connectivity index is 2.02. The van der Waals surface area contributed by atoms with Crippen molar-refractivity contribution in [2.24, 2.45) is 5.41 Å². The summed E-state index contributed by atoms with van der Waals surface area (Å²) < 4.78 is 0. The molecule has 1 spiro atoms. The van der Waals surface area contributed by atoms with E-state index in [1.807, 2.05) is 0 Å². The maximum absolute atomic E-state index is 11.5. The maximum Gasteiger partial charge on any atom is 0.230 e. The lowest BCUT2D eigenvalue weighted by molar-refractivity contribution is -0.120. The van der Waals surface area contributed by atoms with Crippen LogP contribution in [0.2, 0.25) is 0 Å². The predicted octanol–water partition coefficient (Wildman–Crippen LogP) is 3.00. The lowest BCUT2D eigenvalue weighted by atomic mass is 9.69. The van der Waals surface area contributed by atoms with Crippen LogP contribution in [0.4, 0.5) is 0 Å².